The highest BCUT2D eigenvalue weighted by Crippen LogP contribution is 2.47. The second-order valence-corrected chi connectivity index (χ2v) is 17.6. The van der Waals surface area contributed by atoms with Gasteiger partial charge in [-0.15, -0.1) is 0 Å². The van der Waals surface area contributed by atoms with E-state index in [1.165, 1.54) is 116 Å². The van der Waals surface area contributed by atoms with Gasteiger partial charge in [-0.05, 0) is 163 Å². The number of rotatable bonds is 6. The van der Waals surface area contributed by atoms with Crippen LogP contribution in [-0.2, 0) is 6.42 Å². The van der Waals surface area contributed by atoms with Gasteiger partial charge in [-0.2, -0.15) is 0 Å². The van der Waals surface area contributed by atoms with Crippen molar-refractivity contribution in [2.45, 2.75) is 19.3 Å². The summed E-state index contributed by atoms with van der Waals surface area (Å²) in [5.74, 6) is 0. The van der Waals surface area contributed by atoms with Crippen LogP contribution in [-0.4, -0.2) is 4.57 Å². The fraction of sp³-hybridized carbons (Fsp3) is 0.0476. The molecule has 2 heteroatoms. The first-order chi connectivity index (χ1) is 32.2. The lowest BCUT2D eigenvalue weighted by Gasteiger charge is -2.34. The van der Waals surface area contributed by atoms with E-state index in [1.807, 2.05) is 0 Å². The summed E-state index contributed by atoms with van der Waals surface area (Å²) in [4.78, 5) is 2.47. The van der Waals surface area contributed by atoms with Gasteiger partial charge in [-0.3, -0.25) is 0 Å². The molecule has 2 aliphatic rings. The molecular weight excluding hydrogens is 785 g/mol. The van der Waals surface area contributed by atoms with Crippen molar-refractivity contribution in [3.63, 3.8) is 0 Å². The van der Waals surface area contributed by atoms with Crippen LogP contribution in [0.4, 0.5) is 17.1 Å². The fourth-order valence-corrected chi connectivity index (χ4v) is 10.6. The Morgan fingerprint density at radius 3 is 1.74 bits per heavy atom. The van der Waals surface area contributed by atoms with Gasteiger partial charge < -0.3 is 9.47 Å². The van der Waals surface area contributed by atoms with Crippen molar-refractivity contribution in [1.29, 1.82) is 0 Å². The van der Waals surface area contributed by atoms with E-state index in [0.29, 0.717) is 0 Å². The van der Waals surface area contributed by atoms with E-state index < -0.39 is 0 Å². The average Bonchev–Trinajstić information content (AvgIpc) is 3.71. The van der Waals surface area contributed by atoms with Gasteiger partial charge in [0, 0.05) is 39.9 Å². The third-order valence-electron chi connectivity index (χ3n) is 13.8. The maximum atomic E-state index is 2.47. The summed E-state index contributed by atoms with van der Waals surface area (Å²) in [6, 6.07) is 78.9. The lowest BCUT2D eigenvalue weighted by Crippen LogP contribution is -2.18. The van der Waals surface area contributed by atoms with Crippen molar-refractivity contribution in [3.8, 4) is 39.1 Å². The molecule has 0 N–H and O–H groups in total. The summed E-state index contributed by atoms with van der Waals surface area (Å²) in [5.41, 5.74) is 19.8. The smallest absolute Gasteiger partial charge is 0.0541 e. The van der Waals surface area contributed by atoms with Crippen LogP contribution in [0.3, 0.4) is 0 Å². The Balaban J connectivity index is 0.908. The maximum Gasteiger partial charge on any atom is 0.0541 e. The predicted octanol–water partition coefficient (Wildman–Crippen LogP) is 17.2. The topological polar surface area (TPSA) is 8.17 Å². The molecule has 0 fully saturated rings. The van der Waals surface area contributed by atoms with Crippen molar-refractivity contribution in [2.24, 2.45) is 0 Å². The molecule has 13 rings (SSSR count). The molecule has 0 atom stereocenters. The Kier molecular flexibility index (Phi) is 8.77. The summed E-state index contributed by atoms with van der Waals surface area (Å²) in [5, 5.41) is 7.56. The van der Waals surface area contributed by atoms with Crippen molar-refractivity contribution < 1.29 is 0 Å². The van der Waals surface area contributed by atoms with Gasteiger partial charge in [0.05, 0.1) is 11.0 Å². The van der Waals surface area contributed by atoms with E-state index >= 15 is 0 Å². The van der Waals surface area contributed by atoms with Crippen LogP contribution in [0, 0.1) is 0 Å². The number of nitrogens with zero attached hydrogens (tertiary/aromatic N) is 2. The minimum atomic E-state index is 0.847. The molecule has 10 aromatic carbocycles. The lowest BCUT2D eigenvalue weighted by atomic mass is 9.89. The molecule has 2 nitrogen and oxygen atoms in total. The number of benzene rings is 10. The molecule has 1 aromatic heterocycles. The number of fused-ring (bicyclic) bond motifs is 7. The van der Waals surface area contributed by atoms with Gasteiger partial charge >= 0.3 is 0 Å². The predicted molar refractivity (Wildman–Crippen MR) is 276 cm³/mol. The summed E-state index contributed by atoms with van der Waals surface area (Å²) in [6.45, 7) is 0. The van der Waals surface area contributed by atoms with Crippen LogP contribution in [0.25, 0.3) is 88.0 Å². The van der Waals surface area contributed by atoms with E-state index in [4.69, 9.17) is 0 Å². The molecule has 0 unspecified atom stereocenters. The van der Waals surface area contributed by atoms with Crippen molar-refractivity contribution in [2.75, 3.05) is 4.90 Å². The van der Waals surface area contributed by atoms with Crippen LogP contribution in [0.5, 0.6) is 0 Å². The molecule has 65 heavy (non-hydrogen) atoms. The molecular formula is C63H44N2. The molecule has 1 aliphatic heterocycles. The van der Waals surface area contributed by atoms with E-state index in [9.17, 15) is 0 Å². The normalized spacial score (nSPS) is 13.4. The van der Waals surface area contributed by atoms with Gasteiger partial charge in [-0.1, -0.05) is 158 Å². The van der Waals surface area contributed by atoms with E-state index in [0.717, 1.165) is 24.9 Å². The second-order valence-electron chi connectivity index (χ2n) is 17.6. The van der Waals surface area contributed by atoms with Crippen LogP contribution < -0.4 is 4.90 Å². The molecule has 306 valence electrons. The van der Waals surface area contributed by atoms with Crippen LogP contribution in [0.15, 0.2) is 231 Å². The first kappa shape index (κ1) is 37.4. The van der Waals surface area contributed by atoms with Crippen molar-refractivity contribution >= 4 is 66.0 Å². The quantitative estimate of drug-likeness (QED) is 0.162. The zero-order valence-corrected chi connectivity index (χ0v) is 36.0. The highest BCUT2D eigenvalue weighted by molar-refractivity contribution is 6.11. The first-order valence-electron chi connectivity index (χ1n) is 22.8. The van der Waals surface area contributed by atoms with Gasteiger partial charge in [-0.25, -0.2) is 0 Å². The van der Waals surface area contributed by atoms with Gasteiger partial charge in [0.2, 0.25) is 0 Å². The number of hydrogen-bond donors (Lipinski definition) is 0. The Bertz CT molecular complexity index is 3730. The molecule has 2 heterocycles. The Morgan fingerprint density at radius 1 is 0.354 bits per heavy atom. The largest absolute Gasteiger partial charge is 0.310 e. The van der Waals surface area contributed by atoms with Crippen molar-refractivity contribution in [3.05, 3.63) is 247 Å². The summed E-state index contributed by atoms with van der Waals surface area (Å²) >= 11 is 0. The molecule has 1 aliphatic carbocycles. The van der Waals surface area contributed by atoms with E-state index in [-0.39, 0.29) is 0 Å². The second kappa shape index (κ2) is 15.3. The molecule has 0 spiro atoms. The standard InChI is InChI=1S/C63H44N2/c1-3-12-42(13-4-1)49-26-34-62-58(40-49)59-41-50(43-14-5-2-6-15-43)27-35-63(59)64(62)54-29-22-45(23-30-54)48-25-32-60-52(36-48)38-53-37-51(57-21-11-19-46-17-9-10-20-56(46)57)28-33-61(53)65(60)55-31-24-44-16-7-8-18-47(44)39-55/h1,3-5,7-37,39-41H,2,6,38H2. The Labute approximate surface area is 379 Å². The zero-order valence-electron chi connectivity index (χ0n) is 36.0. The minimum Gasteiger partial charge on any atom is -0.310 e. The Morgan fingerprint density at radius 2 is 0.954 bits per heavy atom. The summed E-state index contributed by atoms with van der Waals surface area (Å²) < 4.78 is 2.44. The monoisotopic (exact) mass is 828 g/mol. The van der Waals surface area contributed by atoms with Gasteiger partial charge in [0.1, 0.15) is 0 Å². The molecule has 0 saturated heterocycles. The third-order valence-corrected chi connectivity index (χ3v) is 13.8. The van der Waals surface area contributed by atoms with E-state index in [1.54, 1.807) is 0 Å². The highest BCUT2D eigenvalue weighted by atomic mass is 15.2. The third kappa shape index (κ3) is 6.40. The minimum absolute atomic E-state index is 0.847. The molecule has 0 radical (unpaired) electrons. The summed E-state index contributed by atoms with van der Waals surface area (Å²) in [6.07, 6.45) is 9.99. The lowest BCUT2D eigenvalue weighted by molar-refractivity contribution is 1.04. The number of hydrogen-bond acceptors (Lipinski definition) is 1. The van der Waals surface area contributed by atoms with Crippen LogP contribution in [0.2, 0.25) is 0 Å². The highest BCUT2D eigenvalue weighted by Gasteiger charge is 2.26. The Hall–Kier alpha value is -8.20. The maximum absolute atomic E-state index is 2.47. The molecule has 0 amide bonds. The van der Waals surface area contributed by atoms with E-state index in [2.05, 4.69) is 240 Å². The zero-order chi connectivity index (χ0) is 42.8. The van der Waals surface area contributed by atoms with Crippen LogP contribution in [0.1, 0.15) is 29.5 Å². The first-order valence-corrected chi connectivity index (χ1v) is 22.8. The molecule has 0 saturated carbocycles. The molecule has 11 aromatic rings. The van der Waals surface area contributed by atoms with Gasteiger partial charge in [0.25, 0.3) is 0 Å². The fourth-order valence-electron chi connectivity index (χ4n) is 10.6. The molecule has 0 bridgehead atoms. The van der Waals surface area contributed by atoms with Crippen LogP contribution >= 0.6 is 0 Å². The van der Waals surface area contributed by atoms with Gasteiger partial charge in [0.15, 0.2) is 0 Å². The summed E-state index contributed by atoms with van der Waals surface area (Å²) in [7, 11) is 0. The number of anilines is 3. The average molecular weight is 829 g/mol. The SMILES string of the molecule is C1=CC(c2ccc3c(c2)c2cc(-c4ccccc4)ccc2n3-c2ccc(-c3ccc4c(c3)Cc3cc(-c5cccc6ccccc56)ccc3N4c3ccc4ccccc4c3)cc2)=CCC1. The number of aromatic nitrogens is 1. The number of allylic oxidation sites excluding steroid dienone is 4. The van der Waals surface area contributed by atoms with Crippen molar-refractivity contribution in [1.82, 2.24) is 4.57 Å².